The number of aliphatic carboxylic acids is 1. The molecule has 3 aromatic carbocycles. The van der Waals surface area contributed by atoms with Gasteiger partial charge in [-0.05, 0) is 27.9 Å². The number of hydrogen-bond donors (Lipinski definition) is 1. The molecule has 0 amide bonds. The Morgan fingerprint density at radius 1 is 0.724 bits per heavy atom. The van der Waals surface area contributed by atoms with Crippen molar-refractivity contribution in [1.29, 1.82) is 0 Å². The molecule has 29 heavy (non-hydrogen) atoms. The number of carboxylic acid groups (broad SMARTS) is 1. The van der Waals surface area contributed by atoms with Crippen LogP contribution in [0.3, 0.4) is 0 Å². The van der Waals surface area contributed by atoms with Crippen molar-refractivity contribution in [2.45, 2.75) is 38.3 Å². The average molecular weight is 405 g/mol. The van der Waals surface area contributed by atoms with Crippen LogP contribution in [-0.4, -0.2) is 19.4 Å². The Hall–Kier alpha value is -2.69. The molecule has 0 saturated heterocycles. The van der Waals surface area contributed by atoms with Crippen LogP contribution in [0.15, 0.2) is 91.0 Å². The monoisotopic (exact) mass is 404 g/mol. The van der Waals surface area contributed by atoms with Gasteiger partial charge in [0, 0.05) is 0 Å². The number of carboxylic acids is 1. The zero-order valence-corrected chi connectivity index (χ0v) is 18.4. The summed E-state index contributed by atoms with van der Waals surface area (Å²) in [7, 11) is -3.01. The molecule has 0 aliphatic rings. The Bertz CT molecular complexity index is 910. The maximum Gasteiger partial charge on any atom is 0.339 e. The molecule has 3 aromatic rings. The van der Waals surface area contributed by atoms with Gasteiger partial charge in [-0.15, -0.1) is 0 Å². The predicted octanol–water partition coefficient (Wildman–Crippen LogP) is 4.56. The fourth-order valence-corrected chi connectivity index (χ4v) is 8.69. The highest BCUT2D eigenvalue weighted by Crippen LogP contribution is 2.41. The molecule has 0 aliphatic heterocycles. The van der Waals surface area contributed by atoms with Gasteiger partial charge in [0.1, 0.15) is 0 Å². The second kappa shape index (κ2) is 7.97. The summed E-state index contributed by atoms with van der Waals surface area (Å²) in [4.78, 5) is 12.6. The van der Waals surface area contributed by atoms with Crippen molar-refractivity contribution in [3.63, 3.8) is 0 Å². The van der Waals surface area contributed by atoms with Crippen LogP contribution < -0.4 is 10.4 Å². The zero-order valence-electron chi connectivity index (χ0n) is 17.4. The lowest BCUT2D eigenvalue weighted by Gasteiger charge is -2.47. The highest BCUT2D eigenvalue weighted by atomic mass is 28.4. The molecule has 0 radical (unpaired) electrons. The van der Waals surface area contributed by atoms with Crippen LogP contribution in [-0.2, 0) is 14.8 Å². The Balaban J connectivity index is 2.32. The fourth-order valence-electron chi connectivity index (χ4n) is 3.94. The summed E-state index contributed by atoms with van der Waals surface area (Å²) in [6, 6.07) is 29.4. The van der Waals surface area contributed by atoms with Crippen LogP contribution in [0, 0.1) is 0 Å². The molecule has 0 heterocycles. The van der Waals surface area contributed by atoms with Gasteiger partial charge in [-0.3, -0.25) is 0 Å². The molecule has 0 aliphatic carbocycles. The third kappa shape index (κ3) is 3.78. The molecule has 1 atom stereocenters. The first-order valence-corrected chi connectivity index (χ1v) is 11.7. The van der Waals surface area contributed by atoms with Crippen LogP contribution in [0.25, 0.3) is 0 Å². The minimum absolute atomic E-state index is 0.304. The Morgan fingerprint density at radius 2 is 1.10 bits per heavy atom. The highest BCUT2D eigenvalue weighted by Gasteiger charge is 2.55. The predicted molar refractivity (Wildman–Crippen MR) is 120 cm³/mol. The van der Waals surface area contributed by atoms with Gasteiger partial charge >= 0.3 is 5.97 Å². The van der Waals surface area contributed by atoms with Gasteiger partial charge in [-0.25, -0.2) is 4.79 Å². The molecular weight excluding hydrogens is 376 g/mol. The van der Waals surface area contributed by atoms with Gasteiger partial charge in [0.15, 0.2) is 5.60 Å². The molecular formula is C25H28O3Si. The van der Waals surface area contributed by atoms with Crippen molar-refractivity contribution in [2.24, 2.45) is 0 Å². The maximum atomic E-state index is 12.6. The third-order valence-electron chi connectivity index (χ3n) is 5.51. The van der Waals surface area contributed by atoms with E-state index in [2.05, 4.69) is 45.0 Å². The minimum atomic E-state index is -3.01. The normalized spacial score (nSPS) is 14.2. The third-order valence-corrected chi connectivity index (χ3v) is 10.6. The van der Waals surface area contributed by atoms with Crippen molar-refractivity contribution in [3.05, 3.63) is 96.6 Å². The highest BCUT2D eigenvalue weighted by molar-refractivity contribution is 6.99. The number of carbonyl (C=O) groups is 1. The molecule has 3 nitrogen and oxygen atoms in total. The average Bonchev–Trinajstić information content (AvgIpc) is 2.72. The summed E-state index contributed by atoms with van der Waals surface area (Å²) >= 11 is 0. The molecule has 150 valence electrons. The lowest BCUT2D eigenvalue weighted by atomic mass is 9.97. The van der Waals surface area contributed by atoms with Gasteiger partial charge in [0.25, 0.3) is 8.32 Å². The smallest absolute Gasteiger partial charge is 0.339 e. The lowest BCUT2D eigenvalue weighted by Crippen LogP contribution is -2.69. The Labute approximate surface area is 174 Å². The Kier molecular flexibility index (Phi) is 5.78. The van der Waals surface area contributed by atoms with Crippen LogP contribution in [0.2, 0.25) is 5.04 Å². The van der Waals surface area contributed by atoms with E-state index < -0.39 is 19.9 Å². The number of benzene rings is 3. The van der Waals surface area contributed by atoms with E-state index in [4.69, 9.17) is 4.43 Å². The lowest BCUT2D eigenvalue weighted by molar-refractivity contribution is -0.155. The minimum Gasteiger partial charge on any atom is -0.479 e. The molecule has 0 saturated carbocycles. The first-order chi connectivity index (χ1) is 13.7. The van der Waals surface area contributed by atoms with E-state index in [1.54, 1.807) is 6.92 Å². The van der Waals surface area contributed by atoms with Crippen LogP contribution in [0.5, 0.6) is 0 Å². The Morgan fingerprint density at radius 3 is 1.45 bits per heavy atom. The largest absolute Gasteiger partial charge is 0.479 e. The second-order valence-corrected chi connectivity index (χ2v) is 12.7. The van der Waals surface area contributed by atoms with Gasteiger partial charge in [-0.1, -0.05) is 112 Å². The van der Waals surface area contributed by atoms with Crippen LogP contribution in [0.1, 0.15) is 33.3 Å². The van der Waals surface area contributed by atoms with Crippen LogP contribution in [0.4, 0.5) is 0 Å². The van der Waals surface area contributed by atoms with Gasteiger partial charge in [0.2, 0.25) is 0 Å². The molecule has 3 rings (SSSR count). The van der Waals surface area contributed by atoms with E-state index in [0.29, 0.717) is 5.56 Å². The van der Waals surface area contributed by atoms with Crippen molar-refractivity contribution in [2.75, 3.05) is 0 Å². The van der Waals surface area contributed by atoms with E-state index >= 15 is 0 Å². The van der Waals surface area contributed by atoms with Crippen molar-refractivity contribution >= 4 is 24.7 Å². The summed E-state index contributed by atoms with van der Waals surface area (Å²) in [5, 5.41) is 12.1. The fraction of sp³-hybridized carbons (Fsp3) is 0.240. The molecule has 0 bridgehead atoms. The summed E-state index contributed by atoms with van der Waals surface area (Å²) in [5.74, 6) is -0.989. The van der Waals surface area contributed by atoms with E-state index in [9.17, 15) is 9.90 Å². The van der Waals surface area contributed by atoms with E-state index in [-0.39, 0.29) is 5.04 Å². The maximum absolute atomic E-state index is 12.6. The van der Waals surface area contributed by atoms with Gasteiger partial charge < -0.3 is 9.53 Å². The molecule has 1 unspecified atom stereocenters. The summed E-state index contributed by atoms with van der Waals surface area (Å²) in [6.45, 7) is 8.11. The van der Waals surface area contributed by atoms with E-state index in [0.717, 1.165) is 10.4 Å². The zero-order chi connectivity index (χ0) is 21.1. The summed E-state index contributed by atoms with van der Waals surface area (Å²) < 4.78 is 6.95. The quantitative estimate of drug-likeness (QED) is 0.613. The van der Waals surface area contributed by atoms with Crippen molar-refractivity contribution < 1.29 is 14.3 Å². The summed E-state index contributed by atoms with van der Waals surface area (Å²) in [6.07, 6.45) is 0. The first-order valence-electron chi connectivity index (χ1n) is 9.82. The topological polar surface area (TPSA) is 46.5 Å². The molecule has 0 fully saturated rings. The molecule has 4 heteroatoms. The molecule has 0 aromatic heterocycles. The summed E-state index contributed by atoms with van der Waals surface area (Å²) in [5.41, 5.74) is -0.840. The van der Waals surface area contributed by atoms with E-state index in [1.807, 2.05) is 66.7 Å². The van der Waals surface area contributed by atoms with Crippen LogP contribution >= 0.6 is 0 Å². The standard InChI is InChI=1S/C25H28O3Si/c1-24(2,3)29(21-16-10-6-11-17-21,22-18-12-7-13-19-22)28-25(4,23(26)27)20-14-8-5-9-15-20/h5-19H,1-4H3,(H,26,27). The number of hydrogen-bond acceptors (Lipinski definition) is 2. The van der Waals surface area contributed by atoms with E-state index in [1.165, 1.54) is 0 Å². The van der Waals surface area contributed by atoms with Crippen molar-refractivity contribution in [3.8, 4) is 0 Å². The molecule has 0 spiro atoms. The molecule has 1 N–H and O–H groups in total. The second-order valence-electron chi connectivity index (χ2n) is 8.47. The van der Waals surface area contributed by atoms with Gasteiger partial charge in [0.05, 0.1) is 0 Å². The number of rotatable bonds is 6. The SMILES string of the molecule is CC(O[Si](c1ccccc1)(c1ccccc1)C(C)(C)C)(C(=O)O)c1ccccc1. The first kappa shape index (κ1) is 21.0. The van der Waals surface area contributed by atoms with Gasteiger partial charge in [-0.2, -0.15) is 0 Å². The van der Waals surface area contributed by atoms with Crippen molar-refractivity contribution in [1.82, 2.24) is 0 Å².